The summed E-state index contributed by atoms with van der Waals surface area (Å²) in [5, 5.41) is 18.1. The molecule has 0 bridgehead atoms. The molecule has 0 aromatic rings. The Hall–Kier alpha value is -1.48. The van der Waals surface area contributed by atoms with E-state index in [1.54, 1.807) is 18.2 Å². The Morgan fingerprint density at radius 3 is 2.68 bits per heavy atom. The van der Waals surface area contributed by atoms with Crippen LogP contribution < -0.4 is 0 Å². The molecular weight excluding hydrogens is 236 g/mol. The summed E-state index contributed by atoms with van der Waals surface area (Å²) in [5.41, 5.74) is 0. The van der Waals surface area contributed by atoms with Gasteiger partial charge in [-0.05, 0) is 30.8 Å². The van der Waals surface area contributed by atoms with E-state index in [1.165, 1.54) is 12.8 Å². The molecule has 0 spiro atoms. The third-order valence-electron chi connectivity index (χ3n) is 2.41. The van der Waals surface area contributed by atoms with Crippen molar-refractivity contribution in [3.63, 3.8) is 0 Å². The molecule has 0 aliphatic heterocycles. The summed E-state index contributed by atoms with van der Waals surface area (Å²) in [5.74, 6) is 11.0. The van der Waals surface area contributed by atoms with Crippen LogP contribution in [0.25, 0.3) is 0 Å². The van der Waals surface area contributed by atoms with Gasteiger partial charge >= 0.3 is 0 Å². The number of allylic oxidation sites excluding steroid dienone is 3. The van der Waals surface area contributed by atoms with Crippen molar-refractivity contribution in [2.75, 3.05) is 6.61 Å². The molecule has 0 radical (unpaired) electrons. The van der Waals surface area contributed by atoms with Gasteiger partial charge in [0, 0.05) is 13.0 Å². The van der Waals surface area contributed by atoms with E-state index in [1.807, 2.05) is 6.08 Å². The average molecular weight is 260 g/mol. The molecule has 0 amide bonds. The number of rotatable bonds is 8. The SMILES string of the molecule is CCCCC[C@@H](O)/C=C/C=C/C#CC#CCCCO. The van der Waals surface area contributed by atoms with Crippen molar-refractivity contribution in [2.45, 2.75) is 51.6 Å². The highest BCUT2D eigenvalue weighted by Gasteiger charge is 1.96. The van der Waals surface area contributed by atoms with Crippen LogP contribution in [0, 0.1) is 23.7 Å². The van der Waals surface area contributed by atoms with Crippen LogP contribution in [0.5, 0.6) is 0 Å². The zero-order valence-electron chi connectivity index (χ0n) is 11.7. The van der Waals surface area contributed by atoms with E-state index in [0.717, 1.165) is 12.8 Å². The molecule has 2 N–H and O–H groups in total. The van der Waals surface area contributed by atoms with Gasteiger partial charge in [-0.1, -0.05) is 56.3 Å². The van der Waals surface area contributed by atoms with Crippen LogP contribution in [0.2, 0.25) is 0 Å². The number of aliphatic hydroxyl groups excluding tert-OH is 2. The summed E-state index contributed by atoms with van der Waals surface area (Å²) in [7, 11) is 0. The van der Waals surface area contributed by atoms with Gasteiger partial charge in [0.05, 0.1) is 6.10 Å². The molecule has 19 heavy (non-hydrogen) atoms. The molecule has 1 atom stereocenters. The largest absolute Gasteiger partial charge is 0.396 e. The standard InChI is InChI=1S/C17H24O2/c1-2-3-11-14-17(19)15-12-9-7-5-4-6-8-10-13-16-18/h7,9,12,15,17-19H,2-3,10-11,13-14,16H2,1H3/b9-7+,15-12+/t17-/m1/s1. The first-order chi connectivity index (χ1) is 9.31. The zero-order valence-corrected chi connectivity index (χ0v) is 11.7. The Balaban J connectivity index is 3.76. The maximum Gasteiger partial charge on any atom is 0.0723 e. The molecule has 0 aliphatic carbocycles. The topological polar surface area (TPSA) is 40.5 Å². The van der Waals surface area contributed by atoms with Gasteiger partial charge in [-0.15, -0.1) is 0 Å². The number of aliphatic hydroxyl groups is 2. The van der Waals surface area contributed by atoms with E-state index >= 15 is 0 Å². The minimum Gasteiger partial charge on any atom is -0.396 e. The van der Waals surface area contributed by atoms with Gasteiger partial charge < -0.3 is 10.2 Å². The summed E-state index contributed by atoms with van der Waals surface area (Å²) in [6.07, 6.45) is 12.3. The maximum absolute atomic E-state index is 9.60. The Bertz CT molecular complexity index is 372. The lowest BCUT2D eigenvalue weighted by atomic mass is 10.1. The van der Waals surface area contributed by atoms with Gasteiger partial charge in [0.15, 0.2) is 0 Å². The molecule has 2 heteroatoms. The monoisotopic (exact) mass is 260 g/mol. The molecule has 0 aromatic carbocycles. The Morgan fingerprint density at radius 2 is 1.95 bits per heavy atom. The van der Waals surface area contributed by atoms with Crippen molar-refractivity contribution in [3.05, 3.63) is 24.3 Å². The Kier molecular flexibility index (Phi) is 13.4. The van der Waals surface area contributed by atoms with Crippen LogP contribution in [0.3, 0.4) is 0 Å². The number of hydrogen-bond donors (Lipinski definition) is 2. The predicted octanol–water partition coefficient (Wildman–Crippen LogP) is 2.82. The van der Waals surface area contributed by atoms with E-state index in [9.17, 15) is 5.11 Å². The fourth-order valence-electron chi connectivity index (χ4n) is 1.35. The van der Waals surface area contributed by atoms with E-state index in [0.29, 0.717) is 12.8 Å². The normalized spacial score (nSPS) is 11.9. The lowest BCUT2D eigenvalue weighted by molar-refractivity contribution is 0.208. The molecule has 0 aromatic heterocycles. The third-order valence-corrected chi connectivity index (χ3v) is 2.41. The van der Waals surface area contributed by atoms with Gasteiger partial charge in [-0.25, -0.2) is 0 Å². The molecule has 104 valence electrons. The van der Waals surface area contributed by atoms with Crippen LogP contribution in [0.15, 0.2) is 24.3 Å². The van der Waals surface area contributed by atoms with Gasteiger partial charge in [0.2, 0.25) is 0 Å². The van der Waals surface area contributed by atoms with Crippen LogP contribution in [-0.4, -0.2) is 22.9 Å². The quantitative estimate of drug-likeness (QED) is 0.400. The lowest BCUT2D eigenvalue weighted by Crippen LogP contribution is -2.00. The molecule has 0 heterocycles. The first kappa shape index (κ1) is 17.5. The number of unbranched alkanes of at least 4 members (excludes halogenated alkanes) is 3. The van der Waals surface area contributed by atoms with E-state index in [4.69, 9.17) is 5.11 Å². The number of hydrogen-bond acceptors (Lipinski definition) is 2. The van der Waals surface area contributed by atoms with Crippen LogP contribution in [0.4, 0.5) is 0 Å². The molecule has 0 saturated heterocycles. The second-order valence-corrected chi connectivity index (χ2v) is 4.21. The van der Waals surface area contributed by atoms with Crippen molar-refractivity contribution >= 4 is 0 Å². The Morgan fingerprint density at radius 1 is 1.11 bits per heavy atom. The molecule has 2 nitrogen and oxygen atoms in total. The molecule has 0 aliphatic rings. The van der Waals surface area contributed by atoms with Crippen molar-refractivity contribution in [1.29, 1.82) is 0 Å². The van der Waals surface area contributed by atoms with Crippen LogP contribution in [0.1, 0.15) is 45.4 Å². The fraction of sp³-hybridized carbons (Fsp3) is 0.529. The van der Waals surface area contributed by atoms with Crippen LogP contribution in [-0.2, 0) is 0 Å². The minimum absolute atomic E-state index is 0.174. The lowest BCUT2D eigenvalue weighted by Gasteiger charge is -2.02. The molecule has 0 unspecified atom stereocenters. The molecular formula is C17H24O2. The highest BCUT2D eigenvalue weighted by atomic mass is 16.3. The first-order valence-corrected chi connectivity index (χ1v) is 6.92. The summed E-state index contributed by atoms with van der Waals surface area (Å²) in [6, 6.07) is 0. The van der Waals surface area contributed by atoms with Crippen molar-refractivity contribution in [2.24, 2.45) is 0 Å². The second-order valence-electron chi connectivity index (χ2n) is 4.21. The summed E-state index contributed by atoms with van der Waals surface area (Å²) in [4.78, 5) is 0. The van der Waals surface area contributed by atoms with E-state index < -0.39 is 0 Å². The van der Waals surface area contributed by atoms with Crippen molar-refractivity contribution in [3.8, 4) is 23.7 Å². The molecule has 0 saturated carbocycles. The summed E-state index contributed by atoms with van der Waals surface area (Å²) >= 11 is 0. The predicted molar refractivity (Wildman–Crippen MR) is 80.3 cm³/mol. The van der Waals surface area contributed by atoms with Gasteiger partial charge in [0.1, 0.15) is 0 Å². The average Bonchev–Trinajstić information content (AvgIpc) is 2.41. The zero-order chi connectivity index (χ0) is 14.2. The van der Waals surface area contributed by atoms with E-state index in [-0.39, 0.29) is 12.7 Å². The van der Waals surface area contributed by atoms with Gasteiger partial charge in [-0.2, -0.15) is 0 Å². The minimum atomic E-state index is -0.359. The van der Waals surface area contributed by atoms with Gasteiger partial charge in [0.25, 0.3) is 0 Å². The smallest absolute Gasteiger partial charge is 0.0723 e. The highest BCUT2D eigenvalue weighted by molar-refractivity contribution is 5.31. The first-order valence-electron chi connectivity index (χ1n) is 6.92. The third kappa shape index (κ3) is 14.5. The molecule has 0 fully saturated rings. The summed E-state index contributed by atoms with van der Waals surface area (Å²) in [6.45, 7) is 2.32. The van der Waals surface area contributed by atoms with Crippen molar-refractivity contribution < 1.29 is 10.2 Å². The van der Waals surface area contributed by atoms with E-state index in [2.05, 4.69) is 30.6 Å². The summed E-state index contributed by atoms with van der Waals surface area (Å²) < 4.78 is 0. The Labute approximate surface area is 117 Å². The molecule has 0 rings (SSSR count). The second kappa shape index (κ2) is 14.6. The maximum atomic E-state index is 9.60. The van der Waals surface area contributed by atoms with Gasteiger partial charge in [-0.3, -0.25) is 0 Å². The highest BCUT2D eigenvalue weighted by Crippen LogP contribution is 2.03. The van der Waals surface area contributed by atoms with Crippen LogP contribution >= 0.6 is 0 Å². The van der Waals surface area contributed by atoms with Crippen molar-refractivity contribution in [1.82, 2.24) is 0 Å². The fourth-order valence-corrected chi connectivity index (χ4v) is 1.35.